The van der Waals surface area contributed by atoms with E-state index in [1.54, 1.807) is 6.07 Å². The van der Waals surface area contributed by atoms with E-state index in [1.807, 2.05) is 0 Å². The summed E-state index contributed by atoms with van der Waals surface area (Å²) in [5.74, 6) is -0.695. The zero-order chi connectivity index (χ0) is 12.0. The Morgan fingerprint density at radius 1 is 1.44 bits per heavy atom. The van der Waals surface area contributed by atoms with Crippen molar-refractivity contribution in [3.63, 3.8) is 0 Å². The van der Waals surface area contributed by atoms with E-state index in [-0.39, 0.29) is 10.3 Å². The van der Waals surface area contributed by atoms with E-state index in [0.717, 1.165) is 24.7 Å². The van der Waals surface area contributed by atoms with Crippen molar-refractivity contribution in [2.24, 2.45) is 5.73 Å². The molecule has 3 nitrogen and oxygen atoms in total. The molecule has 1 fully saturated rings. The van der Waals surface area contributed by atoms with Crippen LogP contribution in [-0.2, 0) is 15.3 Å². The summed E-state index contributed by atoms with van der Waals surface area (Å²) in [6.07, 6.45) is 2.90. The third-order valence-corrected chi connectivity index (χ3v) is 4.30. The first-order valence-corrected chi connectivity index (χ1v) is 6.98. The number of nitrogens with two attached hydrogens (primary N) is 1. The average Bonchev–Trinajstić information content (AvgIpc) is 2.97. The number of hydrogen-bond donors (Lipinski definition) is 1. The first-order chi connectivity index (χ1) is 7.39. The first-order valence-electron chi connectivity index (χ1n) is 5.09. The van der Waals surface area contributed by atoms with Crippen LogP contribution in [0.3, 0.4) is 0 Å². The van der Waals surface area contributed by atoms with Crippen LogP contribution >= 0.6 is 0 Å². The lowest BCUT2D eigenvalue weighted by Gasteiger charge is -2.14. The fraction of sp³-hybridized carbons (Fsp3) is 0.455. The Labute approximate surface area is 94.4 Å². The van der Waals surface area contributed by atoms with Crippen LogP contribution in [0.2, 0.25) is 0 Å². The molecule has 1 saturated carbocycles. The minimum Gasteiger partial charge on any atom is -0.330 e. The minimum atomic E-state index is -3.51. The summed E-state index contributed by atoms with van der Waals surface area (Å²) in [6.45, 7) is 0.474. The molecule has 0 unspecified atom stereocenters. The summed E-state index contributed by atoms with van der Waals surface area (Å²) in [6, 6.07) is 4.26. The van der Waals surface area contributed by atoms with Crippen LogP contribution in [0.25, 0.3) is 0 Å². The van der Waals surface area contributed by atoms with Gasteiger partial charge in [0.05, 0.1) is 0 Å². The van der Waals surface area contributed by atoms with Gasteiger partial charge in [0.25, 0.3) is 0 Å². The lowest BCUT2D eigenvalue weighted by atomic mass is 9.96. The second-order valence-corrected chi connectivity index (χ2v) is 6.39. The highest BCUT2D eigenvalue weighted by molar-refractivity contribution is 7.90. The Hall–Kier alpha value is -0.940. The predicted molar refractivity (Wildman–Crippen MR) is 59.5 cm³/mol. The Balaban J connectivity index is 2.53. The second kappa shape index (κ2) is 3.53. The zero-order valence-corrected chi connectivity index (χ0v) is 9.85. The first kappa shape index (κ1) is 11.5. The Kier molecular flexibility index (Phi) is 2.55. The topological polar surface area (TPSA) is 60.2 Å². The monoisotopic (exact) mass is 243 g/mol. The van der Waals surface area contributed by atoms with E-state index in [9.17, 15) is 12.8 Å². The fourth-order valence-electron chi connectivity index (χ4n) is 1.88. The molecule has 1 aromatic carbocycles. The Morgan fingerprint density at radius 2 is 2.06 bits per heavy atom. The number of benzene rings is 1. The van der Waals surface area contributed by atoms with E-state index >= 15 is 0 Å². The molecule has 0 bridgehead atoms. The molecule has 0 atom stereocenters. The van der Waals surface area contributed by atoms with E-state index in [4.69, 9.17) is 5.73 Å². The van der Waals surface area contributed by atoms with Gasteiger partial charge in [-0.25, -0.2) is 12.8 Å². The van der Waals surface area contributed by atoms with Crippen LogP contribution < -0.4 is 5.73 Å². The predicted octanol–water partition coefficient (Wildman–Crippen LogP) is 1.22. The molecule has 1 aliphatic rings. The molecule has 0 radical (unpaired) electrons. The third kappa shape index (κ3) is 1.85. The van der Waals surface area contributed by atoms with Crippen molar-refractivity contribution in [3.05, 3.63) is 29.6 Å². The number of hydrogen-bond acceptors (Lipinski definition) is 3. The largest absolute Gasteiger partial charge is 0.330 e. The zero-order valence-electron chi connectivity index (χ0n) is 9.03. The Morgan fingerprint density at radius 3 is 2.50 bits per heavy atom. The number of rotatable bonds is 3. The smallest absolute Gasteiger partial charge is 0.178 e. The SMILES string of the molecule is CS(=O)(=O)c1cc(C2(CN)CC2)ccc1F. The van der Waals surface area contributed by atoms with Crippen LogP contribution in [-0.4, -0.2) is 21.2 Å². The van der Waals surface area contributed by atoms with Gasteiger partial charge < -0.3 is 5.73 Å². The maximum atomic E-state index is 13.4. The molecule has 2 rings (SSSR count). The normalized spacial score (nSPS) is 18.4. The quantitative estimate of drug-likeness (QED) is 0.868. The van der Waals surface area contributed by atoms with Gasteiger partial charge in [0.15, 0.2) is 9.84 Å². The molecule has 88 valence electrons. The van der Waals surface area contributed by atoms with Crippen LogP contribution in [0, 0.1) is 5.82 Å². The maximum Gasteiger partial charge on any atom is 0.178 e. The standard InChI is InChI=1S/C11H14FNO2S/c1-16(14,15)10-6-8(2-3-9(10)12)11(7-13)4-5-11/h2-3,6H,4-5,7,13H2,1H3. The summed E-state index contributed by atoms with van der Waals surface area (Å²) in [7, 11) is -3.51. The summed E-state index contributed by atoms with van der Waals surface area (Å²) in [5, 5.41) is 0. The third-order valence-electron chi connectivity index (χ3n) is 3.19. The molecule has 5 heteroatoms. The summed E-state index contributed by atoms with van der Waals surface area (Å²) < 4.78 is 36.1. The van der Waals surface area contributed by atoms with E-state index in [0.29, 0.717) is 6.54 Å². The molecule has 0 amide bonds. The van der Waals surface area contributed by atoms with Crippen molar-refractivity contribution in [2.45, 2.75) is 23.2 Å². The van der Waals surface area contributed by atoms with Crippen LogP contribution in [0.15, 0.2) is 23.1 Å². The van der Waals surface area contributed by atoms with E-state index < -0.39 is 15.7 Å². The molecule has 0 spiro atoms. The van der Waals surface area contributed by atoms with Crippen molar-refractivity contribution >= 4 is 9.84 Å². The number of sulfone groups is 1. The summed E-state index contributed by atoms with van der Waals surface area (Å²) >= 11 is 0. The number of halogens is 1. The molecule has 0 saturated heterocycles. The van der Waals surface area contributed by atoms with Crippen molar-refractivity contribution in [3.8, 4) is 0 Å². The molecule has 0 aliphatic heterocycles. The second-order valence-electron chi connectivity index (χ2n) is 4.40. The molecule has 0 aromatic heterocycles. The summed E-state index contributed by atoms with van der Waals surface area (Å²) in [4.78, 5) is -0.232. The lowest BCUT2D eigenvalue weighted by Crippen LogP contribution is -2.20. The van der Waals surface area contributed by atoms with Gasteiger partial charge in [-0.3, -0.25) is 0 Å². The van der Waals surface area contributed by atoms with Gasteiger partial charge in [0.2, 0.25) is 0 Å². The molecular formula is C11H14FNO2S. The fourth-order valence-corrected chi connectivity index (χ4v) is 2.64. The van der Waals surface area contributed by atoms with Crippen LogP contribution in [0.4, 0.5) is 4.39 Å². The van der Waals surface area contributed by atoms with Crippen LogP contribution in [0.1, 0.15) is 18.4 Å². The summed E-state index contributed by atoms with van der Waals surface area (Å²) in [5.41, 5.74) is 6.37. The highest BCUT2D eigenvalue weighted by Gasteiger charge is 2.43. The van der Waals surface area contributed by atoms with Gasteiger partial charge in [-0.05, 0) is 30.5 Å². The maximum absolute atomic E-state index is 13.4. The van der Waals surface area contributed by atoms with Gasteiger partial charge >= 0.3 is 0 Å². The van der Waals surface area contributed by atoms with Gasteiger partial charge in [0.1, 0.15) is 10.7 Å². The molecule has 1 aromatic rings. The van der Waals surface area contributed by atoms with Crippen molar-refractivity contribution in [2.75, 3.05) is 12.8 Å². The van der Waals surface area contributed by atoms with Crippen molar-refractivity contribution in [1.82, 2.24) is 0 Å². The molecule has 16 heavy (non-hydrogen) atoms. The molecule has 0 heterocycles. The van der Waals surface area contributed by atoms with E-state index in [1.165, 1.54) is 12.1 Å². The van der Waals surface area contributed by atoms with Crippen molar-refractivity contribution in [1.29, 1.82) is 0 Å². The molecule has 1 aliphatic carbocycles. The van der Waals surface area contributed by atoms with Gasteiger partial charge in [-0.2, -0.15) is 0 Å². The Bertz CT molecular complexity index is 521. The van der Waals surface area contributed by atoms with Gasteiger partial charge in [-0.15, -0.1) is 0 Å². The van der Waals surface area contributed by atoms with Gasteiger partial charge in [-0.1, -0.05) is 6.07 Å². The van der Waals surface area contributed by atoms with Crippen molar-refractivity contribution < 1.29 is 12.8 Å². The highest BCUT2D eigenvalue weighted by Crippen LogP contribution is 2.47. The van der Waals surface area contributed by atoms with Crippen LogP contribution in [0.5, 0.6) is 0 Å². The lowest BCUT2D eigenvalue weighted by molar-refractivity contribution is 0.567. The van der Waals surface area contributed by atoms with E-state index in [2.05, 4.69) is 0 Å². The minimum absolute atomic E-state index is 0.118. The van der Waals surface area contributed by atoms with Gasteiger partial charge in [0, 0.05) is 18.2 Å². The highest BCUT2D eigenvalue weighted by atomic mass is 32.2. The average molecular weight is 243 g/mol. The molecular weight excluding hydrogens is 229 g/mol. The molecule has 2 N–H and O–H groups in total.